The van der Waals surface area contributed by atoms with Crippen LogP contribution in [-0.4, -0.2) is 30.6 Å². The Hall–Kier alpha value is -3.54. The third-order valence-corrected chi connectivity index (χ3v) is 5.20. The van der Waals surface area contributed by atoms with Gasteiger partial charge in [0.05, 0.1) is 0 Å². The molecule has 0 atom stereocenters. The van der Waals surface area contributed by atoms with Gasteiger partial charge in [-0.2, -0.15) is 0 Å². The number of aromatic nitrogens is 1. The Balaban J connectivity index is 1.38. The van der Waals surface area contributed by atoms with Gasteiger partial charge in [0.15, 0.2) is 11.5 Å². The van der Waals surface area contributed by atoms with Crippen LogP contribution in [0.4, 0.5) is 17.1 Å². The van der Waals surface area contributed by atoms with E-state index in [1.807, 2.05) is 18.2 Å². The number of ether oxygens (including phenoxy) is 2. The van der Waals surface area contributed by atoms with Gasteiger partial charge in [-0.3, -0.25) is 9.78 Å². The van der Waals surface area contributed by atoms with Crippen LogP contribution in [0, 0.1) is 0 Å². The highest BCUT2D eigenvalue weighted by atomic mass is 16.6. The monoisotopic (exact) mass is 387 g/mol. The maximum Gasteiger partial charge on any atom is 0.274 e. The zero-order chi connectivity index (χ0) is 19.6. The van der Waals surface area contributed by atoms with Gasteiger partial charge >= 0.3 is 0 Å². The van der Waals surface area contributed by atoms with Crippen molar-refractivity contribution in [2.75, 3.05) is 30.0 Å². The second-order valence-corrected chi connectivity index (χ2v) is 7.10. The lowest BCUT2D eigenvalue weighted by Crippen LogP contribution is -2.25. The number of aryl methyl sites for hydroxylation is 1. The second kappa shape index (κ2) is 7.47. The molecule has 0 bridgehead atoms. The number of carbonyl (C=O) groups excluding carboxylic acids is 1. The van der Waals surface area contributed by atoms with Crippen molar-refractivity contribution in [1.29, 1.82) is 0 Å². The normalized spacial score (nSPS) is 14.8. The molecule has 1 amide bonds. The number of anilines is 3. The minimum Gasteiger partial charge on any atom is -0.486 e. The molecular weight excluding hydrogens is 366 g/mol. The highest BCUT2D eigenvalue weighted by Crippen LogP contribution is 2.34. The van der Waals surface area contributed by atoms with E-state index in [4.69, 9.17) is 9.47 Å². The van der Waals surface area contributed by atoms with Gasteiger partial charge in [0.2, 0.25) is 0 Å². The molecule has 0 aliphatic carbocycles. The summed E-state index contributed by atoms with van der Waals surface area (Å²) >= 11 is 0. The van der Waals surface area contributed by atoms with E-state index in [0.29, 0.717) is 36.1 Å². The third kappa shape index (κ3) is 3.49. The number of pyridine rings is 1. The smallest absolute Gasteiger partial charge is 0.274 e. The number of nitrogens with one attached hydrogen (secondary N) is 1. The Morgan fingerprint density at radius 2 is 1.86 bits per heavy atom. The summed E-state index contributed by atoms with van der Waals surface area (Å²) in [5, 5.41) is 2.90. The van der Waals surface area contributed by atoms with Crippen molar-refractivity contribution >= 4 is 23.0 Å². The molecular formula is C23H21N3O3. The predicted octanol–water partition coefficient (Wildman–Crippen LogP) is 4.19. The van der Waals surface area contributed by atoms with Gasteiger partial charge in [0.25, 0.3) is 5.91 Å². The molecule has 6 nitrogen and oxygen atoms in total. The van der Waals surface area contributed by atoms with Gasteiger partial charge in [0, 0.05) is 35.9 Å². The first kappa shape index (κ1) is 17.6. The molecule has 5 rings (SSSR count). The zero-order valence-electron chi connectivity index (χ0n) is 15.9. The molecule has 1 N–H and O–H groups in total. The lowest BCUT2D eigenvalue weighted by Gasteiger charge is -2.31. The molecule has 2 aliphatic rings. The molecule has 2 aliphatic heterocycles. The number of rotatable bonds is 3. The van der Waals surface area contributed by atoms with Gasteiger partial charge in [-0.1, -0.05) is 18.2 Å². The van der Waals surface area contributed by atoms with Crippen molar-refractivity contribution in [3.8, 4) is 11.5 Å². The van der Waals surface area contributed by atoms with Gasteiger partial charge in [-0.05, 0) is 48.7 Å². The van der Waals surface area contributed by atoms with Gasteiger partial charge in [-0.25, -0.2) is 0 Å². The number of fused-ring (bicyclic) bond motifs is 2. The number of para-hydroxylation sites is 1. The highest BCUT2D eigenvalue weighted by molar-refractivity contribution is 6.03. The van der Waals surface area contributed by atoms with Crippen LogP contribution in [0.2, 0.25) is 0 Å². The van der Waals surface area contributed by atoms with Crippen molar-refractivity contribution in [2.45, 2.75) is 12.8 Å². The largest absolute Gasteiger partial charge is 0.486 e. The molecule has 0 saturated heterocycles. The molecule has 6 heteroatoms. The van der Waals surface area contributed by atoms with E-state index < -0.39 is 0 Å². The average molecular weight is 387 g/mol. The third-order valence-electron chi connectivity index (χ3n) is 5.20. The number of carbonyl (C=O) groups is 1. The molecule has 0 fully saturated rings. The van der Waals surface area contributed by atoms with Crippen molar-refractivity contribution < 1.29 is 14.3 Å². The van der Waals surface area contributed by atoms with Gasteiger partial charge < -0.3 is 19.7 Å². The Morgan fingerprint density at radius 3 is 2.79 bits per heavy atom. The van der Waals surface area contributed by atoms with Crippen molar-refractivity contribution in [1.82, 2.24) is 4.98 Å². The first-order valence-corrected chi connectivity index (χ1v) is 9.80. The SMILES string of the molecule is O=C(Nc1ccc2c(c1)OCCO2)c1cc(N2CCCc3ccccc32)ccn1. The number of hydrogen-bond acceptors (Lipinski definition) is 5. The van der Waals surface area contributed by atoms with Crippen LogP contribution in [-0.2, 0) is 6.42 Å². The molecule has 0 spiro atoms. The summed E-state index contributed by atoms with van der Waals surface area (Å²) in [6.07, 6.45) is 3.85. The standard InChI is InChI=1S/C23H21N3O3/c27-23(25-17-7-8-21-22(14-17)29-13-12-28-21)19-15-18(9-10-24-19)26-11-3-5-16-4-1-2-6-20(16)26/h1-2,4,6-10,14-15H,3,5,11-13H2,(H,25,27). The topological polar surface area (TPSA) is 63.7 Å². The minimum atomic E-state index is -0.256. The van der Waals surface area contributed by atoms with E-state index in [9.17, 15) is 4.79 Å². The minimum absolute atomic E-state index is 0.256. The van der Waals surface area contributed by atoms with E-state index in [1.165, 1.54) is 11.3 Å². The summed E-state index contributed by atoms with van der Waals surface area (Å²) in [7, 11) is 0. The summed E-state index contributed by atoms with van der Waals surface area (Å²) in [5.41, 5.74) is 4.52. The molecule has 1 aromatic heterocycles. The first-order chi connectivity index (χ1) is 14.3. The number of benzene rings is 2. The van der Waals surface area contributed by atoms with Crippen molar-refractivity contribution in [2.24, 2.45) is 0 Å². The van der Waals surface area contributed by atoms with Crippen LogP contribution in [0.1, 0.15) is 22.5 Å². The lowest BCUT2D eigenvalue weighted by atomic mass is 10.0. The number of hydrogen-bond donors (Lipinski definition) is 1. The Bertz CT molecular complexity index is 1070. The van der Waals surface area contributed by atoms with E-state index in [0.717, 1.165) is 25.1 Å². The quantitative estimate of drug-likeness (QED) is 0.730. The fourth-order valence-corrected chi connectivity index (χ4v) is 3.83. The fraction of sp³-hybridized carbons (Fsp3) is 0.217. The summed E-state index contributed by atoms with van der Waals surface area (Å²) in [6, 6.07) is 17.6. The summed E-state index contributed by atoms with van der Waals surface area (Å²) in [4.78, 5) is 19.3. The maximum atomic E-state index is 12.8. The van der Waals surface area contributed by atoms with E-state index >= 15 is 0 Å². The van der Waals surface area contributed by atoms with Gasteiger partial charge in [0.1, 0.15) is 18.9 Å². The molecule has 0 unspecified atom stereocenters. The van der Waals surface area contributed by atoms with Crippen LogP contribution in [0.25, 0.3) is 0 Å². The van der Waals surface area contributed by atoms with Crippen molar-refractivity contribution in [3.05, 3.63) is 72.1 Å². The summed E-state index contributed by atoms with van der Waals surface area (Å²) in [5.74, 6) is 1.08. The van der Waals surface area contributed by atoms with Crippen molar-refractivity contribution in [3.63, 3.8) is 0 Å². The number of amides is 1. The first-order valence-electron chi connectivity index (χ1n) is 9.80. The van der Waals surface area contributed by atoms with E-state index in [2.05, 4.69) is 33.4 Å². The fourth-order valence-electron chi connectivity index (χ4n) is 3.83. The van der Waals surface area contributed by atoms with E-state index in [-0.39, 0.29) is 5.91 Å². The Labute approximate surface area is 169 Å². The van der Waals surface area contributed by atoms with E-state index in [1.54, 1.807) is 24.4 Å². The molecule has 3 heterocycles. The highest BCUT2D eigenvalue weighted by Gasteiger charge is 2.19. The lowest BCUT2D eigenvalue weighted by molar-refractivity contribution is 0.102. The van der Waals surface area contributed by atoms with Crippen LogP contribution in [0.15, 0.2) is 60.8 Å². The molecule has 2 aromatic carbocycles. The Kier molecular flexibility index (Phi) is 4.52. The Morgan fingerprint density at radius 1 is 1.00 bits per heavy atom. The van der Waals surface area contributed by atoms with Gasteiger partial charge in [-0.15, -0.1) is 0 Å². The second-order valence-electron chi connectivity index (χ2n) is 7.10. The maximum absolute atomic E-state index is 12.8. The molecule has 0 radical (unpaired) electrons. The zero-order valence-corrected chi connectivity index (χ0v) is 15.9. The molecule has 0 saturated carbocycles. The summed E-state index contributed by atoms with van der Waals surface area (Å²) < 4.78 is 11.1. The van der Waals surface area contributed by atoms with Crippen LogP contribution < -0.4 is 19.7 Å². The van der Waals surface area contributed by atoms with Crippen LogP contribution >= 0.6 is 0 Å². The molecule has 3 aromatic rings. The van der Waals surface area contributed by atoms with Crippen LogP contribution in [0.3, 0.4) is 0 Å². The summed E-state index contributed by atoms with van der Waals surface area (Å²) in [6.45, 7) is 1.96. The number of nitrogens with zero attached hydrogens (tertiary/aromatic N) is 2. The predicted molar refractivity (Wildman–Crippen MR) is 111 cm³/mol. The molecule has 146 valence electrons. The average Bonchev–Trinajstić information content (AvgIpc) is 2.78. The van der Waals surface area contributed by atoms with Crippen LogP contribution in [0.5, 0.6) is 11.5 Å². The molecule has 29 heavy (non-hydrogen) atoms.